The van der Waals surface area contributed by atoms with Crippen molar-refractivity contribution in [2.45, 2.75) is 19.1 Å². The molecule has 1 atom stereocenters. The summed E-state index contributed by atoms with van der Waals surface area (Å²) in [4.78, 5) is 3.98. The number of para-hydroxylation sites is 1. The van der Waals surface area contributed by atoms with E-state index < -0.39 is 6.10 Å². The third kappa shape index (κ3) is 5.50. The second kappa shape index (κ2) is 9.00. The molecule has 22 heavy (non-hydrogen) atoms. The molecule has 0 bridgehead atoms. The molecule has 0 aliphatic heterocycles. The normalized spacial score (nSPS) is 12.3. The van der Waals surface area contributed by atoms with Gasteiger partial charge in [0, 0.05) is 25.5 Å². The number of aryl methyl sites for hydroxylation is 1. The molecule has 0 aliphatic rings. The van der Waals surface area contributed by atoms with Gasteiger partial charge in [-0.1, -0.05) is 29.3 Å². The molecule has 0 aliphatic carbocycles. The van der Waals surface area contributed by atoms with Crippen molar-refractivity contribution in [2.75, 3.05) is 19.7 Å². The average molecular weight is 344 g/mol. The van der Waals surface area contributed by atoms with Crippen LogP contribution in [0.5, 0.6) is 5.75 Å². The van der Waals surface area contributed by atoms with E-state index in [2.05, 4.69) is 10.3 Å². The van der Waals surface area contributed by atoms with Crippen molar-refractivity contribution in [3.05, 3.63) is 47.0 Å². The number of halogens is 2. The van der Waals surface area contributed by atoms with Gasteiger partial charge in [0.05, 0.1) is 16.4 Å². The molecular weight excluding hydrogens is 325 g/mol. The zero-order chi connectivity index (χ0) is 15.8. The van der Waals surface area contributed by atoms with E-state index in [4.69, 9.17) is 27.9 Å². The maximum Gasteiger partial charge on any atom is 0.156 e. The molecule has 1 aromatic carbocycles. The number of nitrogens with zero attached hydrogens (tertiary/aromatic N) is 2. The number of benzene rings is 1. The van der Waals surface area contributed by atoms with Gasteiger partial charge in [-0.2, -0.15) is 0 Å². The van der Waals surface area contributed by atoms with E-state index in [1.54, 1.807) is 30.7 Å². The van der Waals surface area contributed by atoms with E-state index in [1.165, 1.54) is 0 Å². The first kappa shape index (κ1) is 17.1. The zero-order valence-electron chi connectivity index (χ0n) is 12.1. The second-order valence-electron chi connectivity index (χ2n) is 4.87. The zero-order valence-corrected chi connectivity index (χ0v) is 13.6. The lowest BCUT2D eigenvalue weighted by atomic mass is 10.3. The van der Waals surface area contributed by atoms with Crippen molar-refractivity contribution in [3.63, 3.8) is 0 Å². The average Bonchev–Trinajstić information content (AvgIpc) is 2.99. The number of nitrogens with one attached hydrogen (secondary N) is 1. The fourth-order valence-electron chi connectivity index (χ4n) is 1.93. The number of imidazole rings is 1. The Morgan fingerprint density at radius 1 is 1.32 bits per heavy atom. The van der Waals surface area contributed by atoms with Crippen molar-refractivity contribution >= 4 is 23.2 Å². The molecule has 0 radical (unpaired) electrons. The summed E-state index contributed by atoms with van der Waals surface area (Å²) in [6, 6.07) is 5.14. The third-order valence-electron chi connectivity index (χ3n) is 3.05. The summed E-state index contributed by atoms with van der Waals surface area (Å²) >= 11 is 12.0. The van der Waals surface area contributed by atoms with E-state index in [-0.39, 0.29) is 6.61 Å². The van der Waals surface area contributed by atoms with Crippen LogP contribution in [0.25, 0.3) is 0 Å². The summed E-state index contributed by atoms with van der Waals surface area (Å²) in [6.07, 6.45) is 5.81. The third-order valence-corrected chi connectivity index (χ3v) is 3.64. The minimum atomic E-state index is -0.624. The summed E-state index contributed by atoms with van der Waals surface area (Å²) in [5, 5.41) is 13.9. The summed E-state index contributed by atoms with van der Waals surface area (Å²) in [5.41, 5.74) is 0. The lowest BCUT2D eigenvalue weighted by molar-refractivity contribution is 0.106. The molecule has 2 rings (SSSR count). The highest BCUT2D eigenvalue weighted by Crippen LogP contribution is 2.32. The molecule has 1 unspecified atom stereocenters. The number of hydrogen-bond acceptors (Lipinski definition) is 4. The van der Waals surface area contributed by atoms with Crippen molar-refractivity contribution in [1.29, 1.82) is 0 Å². The van der Waals surface area contributed by atoms with Crippen LogP contribution in [0.1, 0.15) is 6.42 Å². The lowest BCUT2D eigenvalue weighted by Crippen LogP contribution is -2.32. The van der Waals surface area contributed by atoms with Gasteiger partial charge in [0.2, 0.25) is 0 Å². The number of ether oxygens (including phenoxy) is 1. The van der Waals surface area contributed by atoms with Crippen molar-refractivity contribution in [1.82, 2.24) is 14.9 Å². The van der Waals surface area contributed by atoms with Gasteiger partial charge >= 0.3 is 0 Å². The first-order valence-electron chi connectivity index (χ1n) is 7.08. The van der Waals surface area contributed by atoms with Gasteiger partial charge in [-0.3, -0.25) is 0 Å². The number of rotatable bonds is 9. The maximum atomic E-state index is 9.89. The lowest BCUT2D eigenvalue weighted by Gasteiger charge is -2.15. The van der Waals surface area contributed by atoms with Crippen LogP contribution in [-0.2, 0) is 6.54 Å². The van der Waals surface area contributed by atoms with E-state index in [1.807, 2.05) is 10.8 Å². The first-order valence-corrected chi connectivity index (χ1v) is 7.83. The van der Waals surface area contributed by atoms with Crippen LogP contribution in [0.15, 0.2) is 36.9 Å². The SMILES string of the molecule is OC(CNCCCn1ccnc1)COc1c(Cl)cccc1Cl. The molecule has 1 heterocycles. The molecule has 0 spiro atoms. The molecule has 7 heteroatoms. The number of aliphatic hydroxyl groups is 1. The standard InChI is InChI=1S/C15H19Cl2N3O2/c16-13-3-1-4-14(17)15(13)22-10-12(21)9-18-5-2-7-20-8-6-19-11-20/h1,3-4,6,8,11-12,18,21H,2,5,7,9-10H2. The Kier molecular flexibility index (Phi) is 6.99. The van der Waals surface area contributed by atoms with E-state index in [9.17, 15) is 5.11 Å². The molecule has 120 valence electrons. The Bertz CT molecular complexity index is 544. The van der Waals surface area contributed by atoms with Gasteiger partial charge in [0.25, 0.3) is 0 Å². The van der Waals surface area contributed by atoms with Crippen molar-refractivity contribution in [2.24, 2.45) is 0 Å². The smallest absolute Gasteiger partial charge is 0.156 e. The Balaban J connectivity index is 1.60. The molecule has 1 aromatic heterocycles. The Morgan fingerprint density at radius 2 is 2.09 bits per heavy atom. The molecule has 0 fully saturated rings. The van der Waals surface area contributed by atoms with Crippen LogP contribution >= 0.6 is 23.2 Å². The summed E-state index contributed by atoms with van der Waals surface area (Å²) < 4.78 is 7.49. The van der Waals surface area contributed by atoms with E-state index in [0.29, 0.717) is 22.3 Å². The highest BCUT2D eigenvalue weighted by molar-refractivity contribution is 6.37. The molecule has 0 saturated carbocycles. The van der Waals surface area contributed by atoms with Crippen LogP contribution in [0.3, 0.4) is 0 Å². The van der Waals surface area contributed by atoms with Crippen molar-refractivity contribution < 1.29 is 9.84 Å². The molecule has 5 nitrogen and oxygen atoms in total. The van der Waals surface area contributed by atoms with Crippen LogP contribution in [0.2, 0.25) is 10.0 Å². The van der Waals surface area contributed by atoms with Gasteiger partial charge < -0.3 is 19.7 Å². The Labute approximate surface area is 139 Å². The fourth-order valence-corrected chi connectivity index (χ4v) is 2.44. The van der Waals surface area contributed by atoms with Gasteiger partial charge in [0.15, 0.2) is 5.75 Å². The summed E-state index contributed by atoms with van der Waals surface area (Å²) in [5.74, 6) is 0.407. The quantitative estimate of drug-likeness (QED) is 0.687. The van der Waals surface area contributed by atoms with Crippen molar-refractivity contribution in [3.8, 4) is 5.75 Å². The molecule has 2 aromatic rings. The van der Waals surface area contributed by atoms with Gasteiger partial charge in [-0.15, -0.1) is 0 Å². The molecular formula is C15H19Cl2N3O2. The molecule has 0 amide bonds. The summed E-state index contributed by atoms with van der Waals surface area (Å²) in [6.45, 7) is 2.29. The predicted molar refractivity (Wildman–Crippen MR) is 87.7 cm³/mol. The maximum absolute atomic E-state index is 9.89. The van der Waals surface area contributed by atoms with Gasteiger partial charge in [-0.25, -0.2) is 4.98 Å². The highest BCUT2D eigenvalue weighted by Gasteiger charge is 2.10. The largest absolute Gasteiger partial charge is 0.488 e. The van der Waals surface area contributed by atoms with Crippen LogP contribution < -0.4 is 10.1 Å². The van der Waals surface area contributed by atoms with Crippen LogP contribution in [-0.4, -0.2) is 40.5 Å². The van der Waals surface area contributed by atoms with Gasteiger partial charge in [0.1, 0.15) is 12.7 Å². The van der Waals surface area contributed by atoms with E-state index >= 15 is 0 Å². The monoisotopic (exact) mass is 343 g/mol. The predicted octanol–water partition coefficient (Wildman–Crippen LogP) is 2.61. The number of hydrogen-bond donors (Lipinski definition) is 2. The highest BCUT2D eigenvalue weighted by atomic mass is 35.5. The molecule has 2 N–H and O–H groups in total. The minimum absolute atomic E-state index is 0.137. The molecule has 0 saturated heterocycles. The Morgan fingerprint density at radius 3 is 2.77 bits per heavy atom. The fraction of sp³-hybridized carbons (Fsp3) is 0.400. The Hall–Kier alpha value is -1.27. The van der Waals surface area contributed by atoms with Crippen LogP contribution in [0, 0.1) is 0 Å². The number of aliphatic hydroxyl groups excluding tert-OH is 1. The summed E-state index contributed by atoms with van der Waals surface area (Å²) in [7, 11) is 0. The van der Waals surface area contributed by atoms with Gasteiger partial charge in [-0.05, 0) is 25.1 Å². The minimum Gasteiger partial charge on any atom is -0.488 e. The van der Waals surface area contributed by atoms with E-state index in [0.717, 1.165) is 19.5 Å². The first-order chi connectivity index (χ1) is 10.7. The topological polar surface area (TPSA) is 59.3 Å². The second-order valence-corrected chi connectivity index (χ2v) is 5.69. The van der Waals surface area contributed by atoms with Crippen LogP contribution in [0.4, 0.5) is 0 Å². The number of aromatic nitrogens is 2.